The summed E-state index contributed by atoms with van der Waals surface area (Å²) in [6, 6.07) is 14.9. The normalized spacial score (nSPS) is 10.9. The molecule has 2 aromatic carbocycles. The van der Waals surface area contributed by atoms with E-state index in [0.717, 1.165) is 30.0 Å². The maximum absolute atomic E-state index is 10.6. The Morgan fingerprint density at radius 3 is 1.85 bits per heavy atom. The molecule has 0 bridgehead atoms. The molecule has 0 aliphatic rings. The average molecular weight is 415 g/mol. The van der Waals surface area contributed by atoms with Gasteiger partial charge in [0.15, 0.2) is 0 Å². The van der Waals surface area contributed by atoms with Crippen molar-refractivity contribution in [3.05, 3.63) is 54.1 Å². The van der Waals surface area contributed by atoms with Crippen LogP contribution in [0, 0.1) is 0 Å². The fourth-order valence-corrected chi connectivity index (χ4v) is 2.68. The van der Waals surface area contributed by atoms with Crippen LogP contribution in [0.15, 0.2) is 58.8 Å². The molecule has 0 radical (unpaired) electrons. The molecule has 0 spiro atoms. The third-order valence-corrected chi connectivity index (χ3v) is 3.94. The Kier molecular flexibility index (Phi) is 8.68. The maximum atomic E-state index is 10.6. The Morgan fingerprint density at radius 1 is 0.885 bits per heavy atom. The SMILES string of the molecule is O=C(Cl)OCc1ccc(N=Nc2ccc(N(CCCl)CCCl)cc2)cc1. The minimum atomic E-state index is -0.826. The minimum Gasteiger partial charge on any atom is -0.449 e. The summed E-state index contributed by atoms with van der Waals surface area (Å²) >= 11 is 16.8. The van der Waals surface area contributed by atoms with Crippen molar-refractivity contribution < 1.29 is 9.53 Å². The molecular formula is C18H18Cl3N3O2. The van der Waals surface area contributed by atoms with Gasteiger partial charge < -0.3 is 9.64 Å². The van der Waals surface area contributed by atoms with Gasteiger partial charge in [-0.2, -0.15) is 10.2 Å². The van der Waals surface area contributed by atoms with E-state index in [9.17, 15) is 4.79 Å². The molecule has 0 amide bonds. The molecule has 0 fully saturated rings. The van der Waals surface area contributed by atoms with E-state index in [1.54, 1.807) is 24.3 Å². The van der Waals surface area contributed by atoms with E-state index in [1.807, 2.05) is 24.3 Å². The first-order valence-electron chi connectivity index (χ1n) is 7.92. The molecule has 0 aliphatic heterocycles. The summed E-state index contributed by atoms with van der Waals surface area (Å²) in [5.74, 6) is 1.08. The lowest BCUT2D eigenvalue weighted by atomic mass is 10.2. The van der Waals surface area contributed by atoms with Gasteiger partial charge in [-0.25, -0.2) is 4.79 Å². The van der Waals surface area contributed by atoms with E-state index in [2.05, 4.69) is 15.1 Å². The molecule has 8 heteroatoms. The second-order valence-electron chi connectivity index (χ2n) is 5.27. The lowest BCUT2D eigenvalue weighted by Gasteiger charge is -2.22. The fourth-order valence-electron chi connectivity index (χ4n) is 2.22. The third-order valence-electron chi connectivity index (χ3n) is 3.49. The lowest BCUT2D eigenvalue weighted by molar-refractivity contribution is 0.167. The Balaban J connectivity index is 1.98. The van der Waals surface area contributed by atoms with Gasteiger partial charge in [0.1, 0.15) is 6.61 Å². The molecular weight excluding hydrogens is 397 g/mol. The first kappa shape index (κ1) is 20.5. The molecule has 0 aromatic heterocycles. The van der Waals surface area contributed by atoms with Crippen LogP contribution < -0.4 is 4.90 Å². The standard InChI is InChI=1S/C18H18Cl3N3O2/c19-9-11-24(12-10-20)17-7-5-16(6-8-17)23-22-15-3-1-14(2-4-15)13-26-18(21)25/h1-8H,9-13H2. The highest BCUT2D eigenvalue weighted by Crippen LogP contribution is 2.23. The minimum absolute atomic E-state index is 0.127. The number of ether oxygens (including phenoxy) is 1. The molecule has 2 aromatic rings. The van der Waals surface area contributed by atoms with Gasteiger partial charge in [0, 0.05) is 42.1 Å². The van der Waals surface area contributed by atoms with E-state index in [-0.39, 0.29) is 6.61 Å². The van der Waals surface area contributed by atoms with Crippen molar-refractivity contribution in [2.45, 2.75) is 6.61 Å². The van der Waals surface area contributed by atoms with Crippen molar-refractivity contribution >= 4 is 57.3 Å². The van der Waals surface area contributed by atoms with E-state index >= 15 is 0 Å². The van der Waals surface area contributed by atoms with Crippen LogP contribution in [0.4, 0.5) is 21.9 Å². The predicted molar refractivity (Wildman–Crippen MR) is 107 cm³/mol. The summed E-state index contributed by atoms with van der Waals surface area (Å²) in [5.41, 5.74) is 2.48. The lowest BCUT2D eigenvalue weighted by Crippen LogP contribution is -2.27. The summed E-state index contributed by atoms with van der Waals surface area (Å²) in [7, 11) is 0. The Bertz CT molecular complexity index is 715. The van der Waals surface area contributed by atoms with E-state index in [1.165, 1.54) is 0 Å². The van der Waals surface area contributed by atoms with Crippen LogP contribution in [-0.2, 0) is 11.3 Å². The van der Waals surface area contributed by atoms with Crippen molar-refractivity contribution in [2.24, 2.45) is 10.2 Å². The van der Waals surface area contributed by atoms with E-state index in [4.69, 9.17) is 39.5 Å². The van der Waals surface area contributed by atoms with Gasteiger partial charge in [-0.1, -0.05) is 12.1 Å². The predicted octanol–water partition coefficient (Wildman–Crippen LogP) is 6.26. The van der Waals surface area contributed by atoms with Crippen molar-refractivity contribution in [1.29, 1.82) is 0 Å². The van der Waals surface area contributed by atoms with Gasteiger partial charge in [0.25, 0.3) is 0 Å². The smallest absolute Gasteiger partial charge is 0.404 e. The summed E-state index contributed by atoms with van der Waals surface area (Å²) in [4.78, 5) is 12.7. The molecule has 0 atom stereocenters. The van der Waals surface area contributed by atoms with Crippen LogP contribution in [0.2, 0.25) is 0 Å². The van der Waals surface area contributed by atoms with Gasteiger partial charge in [-0.3, -0.25) is 0 Å². The van der Waals surface area contributed by atoms with E-state index < -0.39 is 5.43 Å². The summed E-state index contributed by atoms with van der Waals surface area (Å²) in [6.07, 6.45) is 0. The number of carbonyl (C=O) groups is 1. The van der Waals surface area contributed by atoms with Gasteiger partial charge in [-0.05, 0) is 42.0 Å². The van der Waals surface area contributed by atoms with Crippen LogP contribution in [0.25, 0.3) is 0 Å². The fraction of sp³-hybridized carbons (Fsp3) is 0.278. The highest BCUT2D eigenvalue weighted by atomic mass is 35.5. The molecule has 0 saturated heterocycles. The molecule has 0 N–H and O–H groups in total. The zero-order valence-electron chi connectivity index (χ0n) is 13.9. The second kappa shape index (κ2) is 11.0. The van der Waals surface area contributed by atoms with Gasteiger partial charge >= 0.3 is 5.43 Å². The van der Waals surface area contributed by atoms with Gasteiger partial charge in [-0.15, -0.1) is 23.2 Å². The topological polar surface area (TPSA) is 54.3 Å². The van der Waals surface area contributed by atoms with Crippen LogP contribution in [0.1, 0.15) is 5.56 Å². The second-order valence-corrected chi connectivity index (χ2v) is 6.34. The molecule has 0 aliphatic carbocycles. The summed E-state index contributed by atoms with van der Waals surface area (Å²) in [6.45, 7) is 1.60. The first-order valence-corrected chi connectivity index (χ1v) is 9.37. The van der Waals surface area contributed by atoms with E-state index in [0.29, 0.717) is 17.4 Å². The Morgan fingerprint density at radius 2 is 1.38 bits per heavy atom. The molecule has 2 rings (SSSR count). The number of nitrogens with zero attached hydrogens (tertiary/aromatic N) is 3. The highest BCUT2D eigenvalue weighted by Gasteiger charge is 2.05. The van der Waals surface area contributed by atoms with Crippen LogP contribution >= 0.6 is 34.8 Å². The number of rotatable bonds is 9. The number of hydrogen-bond donors (Lipinski definition) is 0. The zero-order valence-corrected chi connectivity index (χ0v) is 16.2. The maximum Gasteiger partial charge on any atom is 0.404 e. The van der Waals surface area contributed by atoms with Gasteiger partial charge in [0.05, 0.1) is 11.4 Å². The zero-order chi connectivity index (χ0) is 18.8. The number of alkyl halides is 2. The number of azo groups is 1. The van der Waals surface area contributed by atoms with Crippen LogP contribution in [0.5, 0.6) is 0 Å². The summed E-state index contributed by atoms with van der Waals surface area (Å²) in [5, 5.41) is 8.42. The monoisotopic (exact) mass is 413 g/mol. The highest BCUT2D eigenvalue weighted by molar-refractivity contribution is 6.61. The van der Waals surface area contributed by atoms with Gasteiger partial charge in [0.2, 0.25) is 0 Å². The molecule has 0 unspecified atom stereocenters. The number of benzene rings is 2. The Hall–Kier alpha value is -1.82. The molecule has 5 nitrogen and oxygen atoms in total. The van der Waals surface area contributed by atoms with Crippen molar-refractivity contribution in [3.63, 3.8) is 0 Å². The molecule has 0 heterocycles. The Labute approximate surface area is 167 Å². The number of anilines is 1. The van der Waals surface area contributed by atoms with Crippen LogP contribution in [-0.4, -0.2) is 30.3 Å². The van der Waals surface area contributed by atoms with Crippen molar-refractivity contribution in [1.82, 2.24) is 0 Å². The largest absolute Gasteiger partial charge is 0.449 e. The molecule has 26 heavy (non-hydrogen) atoms. The van der Waals surface area contributed by atoms with Crippen molar-refractivity contribution in [3.8, 4) is 0 Å². The first-order chi connectivity index (χ1) is 12.6. The molecule has 138 valence electrons. The number of hydrogen-bond acceptors (Lipinski definition) is 5. The number of carbonyl (C=O) groups excluding carboxylic acids is 1. The molecule has 0 saturated carbocycles. The summed E-state index contributed by atoms with van der Waals surface area (Å²) < 4.78 is 4.71. The van der Waals surface area contributed by atoms with Crippen molar-refractivity contribution in [2.75, 3.05) is 29.7 Å². The third kappa shape index (κ3) is 6.83. The van der Waals surface area contributed by atoms with Crippen LogP contribution in [0.3, 0.4) is 0 Å². The number of halogens is 3. The quantitative estimate of drug-likeness (QED) is 0.276. The average Bonchev–Trinajstić information content (AvgIpc) is 2.66.